The number of benzene rings is 1. The molecule has 0 radical (unpaired) electrons. The average molecular weight is 235 g/mol. The molecule has 17 heavy (non-hydrogen) atoms. The number of urea groups is 1. The zero-order valence-corrected chi connectivity index (χ0v) is 10.5. The van der Waals surface area contributed by atoms with Gasteiger partial charge in [0.1, 0.15) is 0 Å². The monoisotopic (exact) mass is 235 g/mol. The van der Waals surface area contributed by atoms with E-state index in [4.69, 9.17) is 5.73 Å². The molecule has 0 saturated heterocycles. The smallest absolute Gasteiger partial charge is 0.319 e. The number of nitrogens with two attached hydrogens (primary N) is 1. The summed E-state index contributed by atoms with van der Waals surface area (Å²) < 4.78 is 0. The van der Waals surface area contributed by atoms with Crippen molar-refractivity contribution in [3.05, 3.63) is 30.3 Å². The molecule has 0 fully saturated rings. The number of anilines is 1. The van der Waals surface area contributed by atoms with Crippen molar-refractivity contribution in [2.24, 2.45) is 5.73 Å². The Morgan fingerprint density at radius 2 is 2.00 bits per heavy atom. The molecule has 4 nitrogen and oxygen atoms in total. The highest BCUT2D eigenvalue weighted by atomic mass is 16.2. The normalized spacial score (nSPS) is 13.8. The Labute approximate surface area is 103 Å². The Bertz CT molecular complexity index is 353. The quantitative estimate of drug-likeness (QED) is 0.733. The Morgan fingerprint density at radius 3 is 2.53 bits per heavy atom. The molecular weight excluding hydrogens is 214 g/mol. The molecular formula is C13H21N3O. The molecule has 1 rings (SSSR count). The van der Waals surface area contributed by atoms with E-state index in [1.54, 1.807) is 0 Å². The molecule has 0 aliphatic heterocycles. The highest BCUT2D eigenvalue weighted by molar-refractivity contribution is 5.89. The van der Waals surface area contributed by atoms with Crippen molar-refractivity contribution in [1.29, 1.82) is 0 Å². The molecule has 1 aromatic carbocycles. The molecule has 0 spiro atoms. The zero-order valence-electron chi connectivity index (χ0n) is 10.5. The van der Waals surface area contributed by atoms with Crippen LogP contribution >= 0.6 is 0 Å². The summed E-state index contributed by atoms with van der Waals surface area (Å²) in [7, 11) is 0. The molecule has 2 amide bonds. The van der Waals surface area contributed by atoms with Crippen molar-refractivity contribution in [1.82, 2.24) is 5.32 Å². The maximum absolute atomic E-state index is 11.8. The second-order valence-corrected chi connectivity index (χ2v) is 4.40. The maximum atomic E-state index is 11.8. The van der Waals surface area contributed by atoms with E-state index < -0.39 is 0 Å². The number of rotatable bonds is 5. The molecule has 0 heterocycles. The van der Waals surface area contributed by atoms with Gasteiger partial charge in [0.25, 0.3) is 0 Å². The summed E-state index contributed by atoms with van der Waals surface area (Å²) in [6, 6.07) is 9.20. The summed E-state index contributed by atoms with van der Waals surface area (Å²) in [5, 5.41) is 5.76. The lowest BCUT2D eigenvalue weighted by Crippen LogP contribution is -2.48. The van der Waals surface area contributed by atoms with Gasteiger partial charge in [-0.15, -0.1) is 0 Å². The third kappa shape index (κ3) is 4.44. The van der Waals surface area contributed by atoms with Gasteiger partial charge < -0.3 is 16.4 Å². The van der Waals surface area contributed by atoms with Gasteiger partial charge in [0.15, 0.2) is 0 Å². The van der Waals surface area contributed by atoms with E-state index in [2.05, 4.69) is 10.6 Å². The van der Waals surface area contributed by atoms with Crippen LogP contribution in [0.4, 0.5) is 10.5 Å². The van der Waals surface area contributed by atoms with Crippen LogP contribution < -0.4 is 16.4 Å². The molecule has 1 atom stereocenters. The third-order valence-electron chi connectivity index (χ3n) is 2.92. The summed E-state index contributed by atoms with van der Waals surface area (Å²) in [4.78, 5) is 11.8. The SMILES string of the molecule is CCC(C)(CCN)NC(=O)Nc1ccccc1. The minimum Gasteiger partial charge on any atom is -0.333 e. The predicted molar refractivity (Wildman–Crippen MR) is 71.0 cm³/mol. The molecule has 0 aliphatic carbocycles. The van der Waals surface area contributed by atoms with Gasteiger partial charge in [-0.3, -0.25) is 0 Å². The second-order valence-electron chi connectivity index (χ2n) is 4.40. The standard InChI is InChI=1S/C13H21N3O/c1-3-13(2,9-10-14)16-12(17)15-11-7-5-4-6-8-11/h4-8H,3,9-10,14H2,1-2H3,(H2,15,16,17). The van der Waals surface area contributed by atoms with E-state index >= 15 is 0 Å². The van der Waals surface area contributed by atoms with E-state index in [0.717, 1.165) is 18.5 Å². The highest BCUT2D eigenvalue weighted by Crippen LogP contribution is 2.14. The Kier molecular flexibility index (Phi) is 4.97. The minimum atomic E-state index is -0.242. The van der Waals surface area contributed by atoms with E-state index in [1.165, 1.54) is 0 Å². The van der Waals surface area contributed by atoms with Gasteiger partial charge in [-0.05, 0) is 38.4 Å². The first kappa shape index (κ1) is 13.5. The van der Waals surface area contributed by atoms with Gasteiger partial charge in [-0.1, -0.05) is 25.1 Å². The molecule has 4 N–H and O–H groups in total. The number of carbonyl (C=O) groups is 1. The minimum absolute atomic E-state index is 0.186. The summed E-state index contributed by atoms with van der Waals surface area (Å²) in [5.41, 5.74) is 6.09. The van der Waals surface area contributed by atoms with Crippen LogP contribution in [0.15, 0.2) is 30.3 Å². The van der Waals surface area contributed by atoms with Crippen molar-refractivity contribution in [3.8, 4) is 0 Å². The first-order chi connectivity index (χ1) is 8.09. The molecule has 1 unspecified atom stereocenters. The lowest BCUT2D eigenvalue weighted by molar-refractivity contribution is 0.235. The second kappa shape index (κ2) is 6.25. The van der Waals surface area contributed by atoms with Crippen LogP contribution in [-0.2, 0) is 0 Å². The first-order valence-corrected chi connectivity index (χ1v) is 5.94. The highest BCUT2D eigenvalue weighted by Gasteiger charge is 2.23. The van der Waals surface area contributed by atoms with E-state index in [-0.39, 0.29) is 11.6 Å². The molecule has 94 valence electrons. The van der Waals surface area contributed by atoms with Crippen LogP contribution in [0.2, 0.25) is 0 Å². The molecule has 4 heteroatoms. The summed E-state index contributed by atoms with van der Waals surface area (Å²) >= 11 is 0. The fraction of sp³-hybridized carbons (Fsp3) is 0.462. The first-order valence-electron chi connectivity index (χ1n) is 5.94. The van der Waals surface area contributed by atoms with Crippen molar-refractivity contribution < 1.29 is 4.79 Å². The van der Waals surface area contributed by atoms with E-state index in [1.807, 2.05) is 44.2 Å². The van der Waals surface area contributed by atoms with Gasteiger partial charge in [0, 0.05) is 11.2 Å². The van der Waals surface area contributed by atoms with Gasteiger partial charge in [-0.2, -0.15) is 0 Å². The van der Waals surface area contributed by atoms with E-state index in [9.17, 15) is 4.79 Å². The number of amides is 2. The van der Waals surface area contributed by atoms with Crippen molar-refractivity contribution >= 4 is 11.7 Å². The summed E-state index contributed by atoms with van der Waals surface area (Å²) in [6.07, 6.45) is 1.62. The third-order valence-corrected chi connectivity index (χ3v) is 2.92. The van der Waals surface area contributed by atoms with Crippen molar-refractivity contribution in [2.45, 2.75) is 32.2 Å². The Hall–Kier alpha value is -1.55. The van der Waals surface area contributed by atoms with Crippen molar-refractivity contribution in [2.75, 3.05) is 11.9 Å². The van der Waals surface area contributed by atoms with Crippen LogP contribution in [0.5, 0.6) is 0 Å². The molecule has 0 bridgehead atoms. The van der Waals surface area contributed by atoms with Crippen molar-refractivity contribution in [3.63, 3.8) is 0 Å². The Morgan fingerprint density at radius 1 is 1.35 bits per heavy atom. The number of carbonyl (C=O) groups excluding carboxylic acids is 1. The summed E-state index contributed by atoms with van der Waals surface area (Å²) in [5.74, 6) is 0. The molecule has 0 aromatic heterocycles. The van der Waals surface area contributed by atoms with Gasteiger partial charge in [-0.25, -0.2) is 4.79 Å². The lowest BCUT2D eigenvalue weighted by Gasteiger charge is -2.29. The Balaban J connectivity index is 2.54. The van der Waals surface area contributed by atoms with Gasteiger partial charge in [0.05, 0.1) is 0 Å². The van der Waals surface area contributed by atoms with Gasteiger partial charge >= 0.3 is 6.03 Å². The fourth-order valence-corrected chi connectivity index (χ4v) is 1.60. The number of nitrogens with one attached hydrogen (secondary N) is 2. The number of hydrogen-bond acceptors (Lipinski definition) is 2. The van der Waals surface area contributed by atoms with Crippen LogP contribution in [0.3, 0.4) is 0 Å². The number of hydrogen-bond donors (Lipinski definition) is 3. The van der Waals surface area contributed by atoms with Gasteiger partial charge in [0.2, 0.25) is 0 Å². The maximum Gasteiger partial charge on any atom is 0.319 e. The average Bonchev–Trinajstić information content (AvgIpc) is 2.30. The number of para-hydroxylation sites is 1. The van der Waals surface area contributed by atoms with Crippen LogP contribution in [0, 0.1) is 0 Å². The summed E-state index contributed by atoms with van der Waals surface area (Å²) in [6.45, 7) is 4.61. The lowest BCUT2D eigenvalue weighted by atomic mass is 9.95. The topological polar surface area (TPSA) is 67.1 Å². The largest absolute Gasteiger partial charge is 0.333 e. The van der Waals surface area contributed by atoms with Crippen LogP contribution in [0.25, 0.3) is 0 Å². The predicted octanol–water partition coefficient (Wildman–Crippen LogP) is 2.33. The molecule has 1 aromatic rings. The van der Waals surface area contributed by atoms with Crippen LogP contribution in [-0.4, -0.2) is 18.1 Å². The zero-order chi connectivity index (χ0) is 12.7. The molecule has 0 aliphatic rings. The fourth-order valence-electron chi connectivity index (χ4n) is 1.60. The van der Waals surface area contributed by atoms with Crippen LogP contribution in [0.1, 0.15) is 26.7 Å². The van der Waals surface area contributed by atoms with E-state index in [0.29, 0.717) is 6.54 Å². The molecule has 0 saturated carbocycles.